The number of para-hydroxylation sites is 1. The number of ether oxygens (including phenoxy) is 1. The Hall–Kier alpha value is -2.61. The molecule has 0 aliphatic carbocycles. The molecule has 8 heteroatoms. The molecule has 0 spiro atoms. The van der Waals surface area contributed by atoms with Crippen LogP contribution >= 0.6 is 11.8 Å². The lowest BCUT2D eigenvalue weighted by Gasteiger charge is -2.10. The molecule has 3 aromatic rings. The average molecular weight is 371 g/mol. The van der Waals surface area contributed by atoms with Crippen LogP contribution in [0.25, 0.3) is 11.4 Å². The molecule has 136 valence electrons. The molecular formula is C18H21N5O2S. The van der Waals surface area contributed by atoms with E-state index < -0.39 is 0 Å². The van der Waals surface area contributed by atoms with Crippen molar-refractivity contribution in [3.63, 3.8) is 0 Å². The zero-order valence-electron chi connectivity index (χ0n) is 14.9. The number of benzene rings is 1. The van der Waals surface area contributed by atoms with Crippen molar-refractivity contribution < 1.29 is 9.26 Å². The second-order valence-electron chi connectivity index (χ2n) is 5.55. The Morgan fingerprint density at radius 2 is 2.15 bits per heavy atom. The predicted octanol–water partition coefficient (Wildman–Crippen LogP) is 3.77. The maximum Gasteiger partial charge on any atom is 0.237 e. The van der Waals surface area contributed by atoms with Gasteiger partial charge in [0.1, 0.15) is 5.75 Å². The van der Waals surface area contributed by atoms with Crippen LogP contribution < -0.4 is 4.74 Å². The number of allylic oxidation sites excluding steroid dienone is 1. The topological polar surface area (TPSA) is 78.9 Å². The van der Waals surface area contributed by atoms with Crippen LogP contribution in [0.2, 0.25) is 0 Å². The molecule has 0 fully saturated rings. The highest BCUT2D eigenvalue weighted by molar-refractivity contribution is 7.98. The van der Waals surface area contributed by atoms with E-state index in [1.165, 1.54) is 11.8 Å². The Morgan fingerprint density at radius 3 is 2.92 bits per heavy atom. The maximum absolute atomic E-state index is 5.45. The Morgan fingerprint density at radius 1 is 1.31 bits per heavy atom. The standard InChI is InChI=1S/C18H21N5O2S/c1-4-8-15-19-16(25-22-15)12-26-18-21-20-17(23(18)11-5-2)13-9-6-7-10-14(13)24-3/h5-7,9-10H,2,4,8,11-12H2,1,3H3. The van der Waals surface area contributed by atoms with E-state index in [-0.39, 0.29) is 0 Å². The summed E-state index contributed by atoms with van der Waals surface area (Å²) in [5.41, 5.74) is 0.888. The summed E-state index contributed by atoms with van der Waals surface area (Å²) in [6.07, 6.45) is 3.62. The van der Waals surface area contributed by atoms with Crippen molar-refractivity contribution >= 4 is 11.8 Å². The minimum Gasteiger partial charge on any atom is -0.496 e. The van der Waals surface area contributed by atoms with Crippen molar-refractivity contribution in [2.75, 3.05) is 7.11 Å². The summed E-state index contributed by atoms with van der Waals surface area (Å²) in [4.78, 5) is 4.39. The van der Waals surface area contributed by atoms with Gasteiger partial charge in [-0.05, 0) is 18.6 Å². The summed E-state index contributed by atoms with van der Waals surface area (Å²) in [5, 5.41) is 13.4. The molecule has 0 saturated heterocycles. The number of methoxy groups -OCH3 is 1. The Balaban J connectivity index is 1.83. The zero-order valence-corrected chi connectivity index (χ0v) is 15.7. The third-order valence-corrected chi connectivity index (χ3v) is 4.64. The zero-order chi connectivity index (χ0) is 18.4. The molecule has 0 N–H and O–H groups in total. The van der Waals surface area contributed by atoms with Gasteiger partial charge in [0.05, 0.1) is 18.4 Å². The van der Waals surface area contributed by atoms with Crippen LogP contribution in [0.3, 0.4) is 0 Å². The Labute approximate surface area is 156 Å². The van der Waals surface area contributed by atoms with Crippen molar-refractivity contribution in [2.24, 2.45) is 0 Å². The largest absolute Gasteiger partial charge is 0.496 e. The maximum atomic E-state index is 5.45. The average Bonchev–Trinajstić information content (AvgIpc) is 3.27. The normalized spacial score (nSPS) is 10.8. The van der Waals surface area contributed by atoms with E-state index in [4.69, 9.17) is 9.26 Å². The summed E-state index contributed by atoms with van der Waals surface area (Å²) >= 11 is 1.50. The highest BCUT2D eigenvalue weighted by atomic mass is 32.2. The van der Waals surface area contributed by atoms with E-state index in [1.807, 2.05) is 34.9 Å². The second kappa shape index (κ2) is 8.66. The quantitative estimate of drug-likeness (QED) is 0.418. The molecule has 26 heavy (non-hydrogen) atoms. The molecule has 2 heterocycles. The molecule has 2 aromatic heterocycles. The van der Waals surface area contributed by atoms with Crippen LogP contribution in [0.5, 0.6) is 5.75 Å². The lowest BCUT2D eigenvalue weighted by atomic mass is 10.2. The monoisotopic (exact) mass is 371 g/mol. The lowest BCUT2D eigenvalue weighted by Crippen LogP contribution is -2.01. The molecule has 0 amide bonds. The van der Waals surface area contributed by atoms with Crippen molar-refractivity contribution in [1.29, 1.82) is 0 Å². The fourth-order valence-electron chi connectivity index (χ4n) is 2.52. The van der Waals surface area contributed by atoms with Crippen molar-refractivity contribution in [3.05, 3.63) is 48.6 Å². The SMILES string of the molecule is C=CCn1c(SCc2nc(CCC)no2)nnc1-c1ccccc1OC. The van der Waals surface area contributed by atoms with E-state index in [1.54, 1.807) is 7.11 Å². The molecule has 0 unspecified atom stereocenters. The minimum absolute atomic E-state index is 0.540. The summed E-state index contributed by atoms with van der Waals surface area (Å²) < 4.78 is 12.7. The van der Waals surface area contributed by atoms with Gasteiger partial charge < -0.3 is 9.26 Å². The smallest absolute Gasteiger partial charge is 0.237 e. The van der Waals surface area contributed by atoms with Gasteiger partial charge in [-0.3, -0.25) is 4.57 Å². The summed E-state index contributed by atoms with van der Waals surface area (Å²) in [5.74, 6) is 3.36. The van der Waals surface area contributed by atoms with Crippen LogP contribution in [-0.4, -0.2) is 32.0 Å². The van der Waals surface area contributed by atoms with Gasteiger partial charge in [-0.2, -0.15) is 4.98 Å². The first-order valence-electron chi connectivity index (χ1n) is 8.38. The lowest BCUT2D eigenvalue weighted by molar-refractivity contribution is 0.384. The van der Waals surface area contributed by atoms with Gasteiger partial charge in [0.15, 0.2) is 16.8 Å². The number of thioether (sulfide) groups is 1. The Bertz CT molecular complexity index is 874. The third kappa shape index (κ3) is 3.96. The highest BCUT2D eigenvalue weighted by Crippen LogP contribution is 2.31. The van der Waals surface area contributed by atoms with Gasteiger partial charge in [-0.1, -0.05) is 42.1 Å². The van der Waals surface area contributed by atoms with E-state index in [2.05, 4.69) is 33.8 Å². The molecular weight excluding hydrogens is 350 g/mol. The van der Waals surface area contributed by atoms with Crippen LogP contribution in [0, 0.1) is 0 Å². The molecule has 0 bridgehead atoms. The number of aryl methyl sites for hydroxylation is 1. The van der Waals surface area contributed by atoms with Gasteiger partial charge in [0.2, 0.25) is 5.89 Å². The Kier molecular flexibility index (Phi) is 6.06. The second-order valence-corrected chi connectivity index (χ2v) is 6.49. The van der Waals surface area contributed by atoms with Crippen LogP contribution in [0.15, 0.2) is 46.6 Å². The first-order chi connectivity index (χ1) is 12.8. The highest BCUT2D eigenvalue weighted by Gasteiger charge is 2.17. The molecule has 0 radical (unpaired) electrons. The van der Waals surface area contributed by atoms with Crippen LogP contribution in [0.1, 0.15) is 25.1 Å². The molecule has 0 aliphatic rings. The fourth-order valence-corrected chi connectivity index (χ4v) is 3.30. The van der Waals surface area contributed by atoms with Gasteiger partial charge in [0.25, 0.3) is 0 Å². The number of hydrogen-bond acceptors (Lipinski definition) is 7. The summed E-state index contributed by atoms with van der Waals surface area (Å²) in [6.45, 7) is 6.51. The van der Waals surface area contributed by atoms with Crippen molar-refractivity contribution in [3.8, 4) is 17.1 Å². The first kappa shape index (κ1) is 18.2. The van der Waals surface area contributed by atoms with Crippen LogP contribution in [0.4, 0.5) is 0 Å². The summed E-state index contributed by atoms with van der Waals surface area (Å²) in [7, 11) is 1.65. The summed E-state index contributed by atoms with van der Waals surface area (Å²) in [6, 6.07) is 7.75. The van der Waals surface area contributed by atoms with Crippen molar-refractivity contribution in [2.45, 2.75) is 37.2 Å². The van der Waals surface area contributed by atoms with E-state index in [0.29, 0.717) is 18.2 Å². The predicted molar refractivity (Wildman–Crippen MR) is 100 cm³/mol. The third-order valence-electron chi connectivity index (χ3n) is 3.68. The number of rotatable bonds is 9. The molecule has 0 saturated carbocycles. The van der Waals surface area contributed by atoms with Gasteiger partial charge >= 0.3 is 0 Å². The van der Waals surface area contributed by atoms with E-state index >= 15 is 0 Å². The molecule has 7 nitrogen and oxygen atoms in total. The van der Waals surface area contributed by atoms with E-state index in [9.17, 15) is 0 Å². The molecule has 0 aliphatic heterocycles. The fraction of sp³-hybridized carbons (Fsp3) is 0.333. The molecule has 1 aromatic carbocycles. The van der Waals surface area contributed by atoms with Gasteiger partial charge in [0, 0.05) is 13.0 Å². The number of nitrogens with zero attached hydrogens (tertiary/aromatic N) is 5. The molecule has 0 atom stereocenters. The number of hydrogen-bond donors (Lipinski definition) is 0. The van der Waals surface area contributed by atoms with Gasteiger partial charge in [-0.25, -0.2) is 0 Å². The number of aromatic nitrogens is 5. The van der Waals surface area contributed by atoms with Crippen molar-refractivity contribution in [1.82, 2.24) is 24.9 Å². The molecule has 3 rings (SSSR count). The minimum atomic E-state index is 0.540. The van der Waals surface area contributed by atoms with E-state index in [0.717, 1.165) is 41.0 Å². The van der Waals surface area contributed by atoms with Gasteiger partial charge in [-0.15, -0.1) is 16.8 Å². The first-order valence-corrected chi connectivity index (χ1v) is 9.37. The van der Waals surface area contributed by atoms with Crippen LogP contribution in [-0.2, 0) is 18.7 Å².